The largest absolute Gasteiger partial charge is 0.391 e. The Labute approximate surface area is 114 Å². The van der Waals surface area contributed by atoms with E-state index in [2.05, 4.69) is 10.6 Å². The predicted molar refractivity (Wildman–Crippen MR) is 69.3 cm³/mol. The third kappa shape index (κ3) is 5.00. The van der Waals surface area contributed by atoms with E-state index in [1.165, 1.54) is 0 Å². The number of anilines is 1. The third-order valence-corrected chi connectivity index (χ3v) is 2.66. The number of amides is 2. The molecule has 1 aromatic rings. The molecule has 2 amide bonds. The molecule has 0 spiro atoms. The molecule has 0 bridgehead atoms. The maximum absolute atomic E-state index is 13.4. The van der Waals surface area contributed by atoms with Gasteiger partial charge in [0.15, 0.2) is 5.82 Å². The first-order valence-electron chi connectivity index (χ1n) is 5.81. The number of aliphatic hydroxyl groups is 1. The van der Waals surface area contributed by atoms with Crippen molar-refractivity contribution in [3.63, 3.8) is 0 Å². The fraction of sp³-hybridized carbons (Fsp3) is 0.417. The summed E-state index contributed by atoms with van der Waals surface area (Å²) in [4.78, 5) is 11.5. The molecule has 106 valence electrons. The molecule has 0 aliphatic rings. The minimum absolute atomic E-state index is 0.0418. The quantitative estimate of drug-likeness (QED) is 0.781. The molecule has 0 aliphatic heterocycles. The summed E-state index contributed by atoms with van der Waals surface area (Å²) in [5.74, 6) is -1.79. The Kier molecular flexibility index (Phi) is 5.98. The molecule has 0 heterocycles. The minimum atomic E-state index is -0.964. The van der Waals surface area contributed by atoms with E-state index < -0.39 is 23.8 Å². The van der Waals surface area contributed by atoms with Gasteiger partial charge in [0.25, 0.3) is 0 Å². The Morgan fingerprint density at radius 2 is 2.16 bits per heavy atom. The highest BCUT2D eigenvalue weighted by molar-refractivity contribution is 6.33. The Morgan fingerprint density at radius 3 is 2.74 bits per heavy atom. The molecular formula is C12H15ClF2N2O2. The van der Waals surface area contributed by atoms with Gasteiger partial charge in [0, 0.05) is 12.6 Å². The lowest BCUT2D eigenvalue weighted by atomic mass is 10.2. The van der Waals surface area contributed by atoms with E-state index in [0.717, 1.165) is 12.5 Å². The van der Waals surface area contributed by atoms with Crippen molar-refractivity contribution >= 4 is 23.3 Å². The number of carbonyl (C=O) groups excluding carboxylic acids is 1. The Morgan fingerprint density at radius 1 is 1.47 bits per heavy atom. The van der Waals surface area contributed by atoms with Crippen LogP contribution in [-0.2, 0) is 0 Å². The minimum Gasteiger partial charge on any atom is -0.391 e. The lowest BCUT2D eigenvalue weighted by Gasteiger charge is -2.12. The van der Waals surface area contributed by atoms with Crippen LogP contribution in [0.25, 0.3) is 0 Å². The molecule has 0 saturated heterocycles. The van der Waals surface area contributed by atoms with Crippen LogP contribution in [0.2, 0.25) is 5.02 Å². The van der Waals surface area contributed by atoms with Crippen molar-refractivity contribution in [2.45, 2.75) is 25.9 Å². The number of nitrogens with one attached hydrogen (secondary N) is 2. The summed E-state index contributed by atoms with van der Waals surface area (Å²) >= 11 is 5.62. The van der Waals surface area contributed by atoms with Crippen LogP contribution in [0, 0.1) is 11.6 Å². The van der Waals surface area contributed by atoms with E-state index in [4.69, 9.17) is 11.6 Å². The number of hydrogen-bond donors (Lipinski definition) is 3. The predicted octanol–water partition coefficient (Wildman–Crippen LogP) is 2.90. The van der Waals surface area contributed by atoms with Gasteiger partial charge in [-0.3, -0.25) is 0 Å². The van der Waals surface area contributed by atoms with Crippen LogP contribution < -0.4 is 10.6 Å². The molecule has 0 radical (unpaired) electrons. The van der Waals surface area contributed by atoms with E-state index in [1.807, 2.05) is 6.92 Å². The number of benzene rings is 1. The lowest BCUT2D eigenvalue weighted by molar-refractivity contribution is 0.162. The third-order valence-electron chi connectivity index (χ3n) is 2.37. The van der Waals surface area contributed by atoms with E-state index in [-0.39, 0.29) is 17.3 Å². The molecule has 1 unspecified atom stereocenters. The van der Waals surface area contributed by atoms with Gasteiger partial charge in [-0.15, -0.1) is 0 Å². The second kappa shape index (κ2) is 7.25. The van der Waals surface area contributed by atoms with Crippen molar-refractivity contribution in [1.82, 2.24) is 5.32 Å². The summed E-state index contributed by atoms with van der Waals surface area (Å²) in [6.45, 7) is 1.94. The summed E-state index contributed by atoms with van der Waals surface area (Å²) < 4.78 is 26.2. The van der Waals surface area contributed by atoms with Crippen LogP contribution >= 0.6 is 11.6 Å². The highest BCUT2D eigenvalue weighted by Gasteiger charge is 2.13. The van der Waals surface area contributed by atoms with Gasteiger partial charge in [0.1, 0.15) is 5.82 Å². The van der Waals surface area contributed by atoms with Crippen LogP contribution in [-0.4, -0.2) is 23.8 Å². The highest BCUT2D eigenvalue weighted by atomic mass is 35.5. The van der Waals surface area contributed by atoms with Crippen molar-refractivity contribution in [2.75, 3.05) is 11.9 Å². The van der Waals surface area contributed by atoms with Crippen molar-refractivity contribution in [3.05, 3.63) is 28.8 Å². The molecular weight excluding hydrogens is 278 g/mol. The van der Waals surface area contributed by atoms with Crippen LogP contribution in [0.4, 0.5) is 19.3 Å². The Bertz CT molecular complexity index is 434. The zero-order valence-electron chi connectivity index (χ0n) is 10.3. The van der Waals surface area contributed by atoms with Crippen molar-refractivity contribution < 1.29 is 18.7 Å². The summed E-state index contributed by atoms with van der Waals surface area (Å²) in [6.07, 6.45) is 0.666. The molecule has 1 rings (SSSR count). The number of urea groups is 1. The number of rotatable bonds is 5. The maximum Gasteiger partial charge on any atom is 0.319 e. The van der Waals surface area contributed by atoms with Crippen molar-refractivity contribution in [1.29, 1.82) is 0 Å². The van der Waals surface area contributed by atoms with Gasteiger partial charge in [-0.05, 0) is 12.5 Å². The number of hydrogen-bond acceptors (Lipinski definition) is 2. The van der Waals surface area contributed by atoms with Gasteiger partial charge in [0.2, 0.25) is 0 Å². The second-order valence-electron chi connectivity index (χ2n) is 4.02. The average Bonchev–Trinajstić information content (AvgIpc) is 2.31. The normalized spacial score (nSPS) is 12.1. The maximum atomic E-state index is 13.4. The average molecular weight is 293 g/mol. The molecule has 3 N–H and O–H groups in total. The van der Waals surface area contributed by atoms with Crippen LogP contribution in [0.5, 0.6) is 0 Å². The SMILES string of the molecule is CCCC(O)CNC(=O)Nc1c(F)cc(F)cc1Cl. The van der Waals surface area contributed by atoms with E-state index >= 15 is 0 Å². The van der Waals surface area contributed by atoms with Crippen LogP contribution in [0.1, 0.15) is 19.8 Å². The van der Waals surface area contributed by atoms with Gasteiger partial charge in [0.05, 0.1) is 16.8 Å². The van der Waals surface area contributed by atoms with E-state index in [9.17, 15) is 18.7 Å². The molecule has 1 atom stereocenters. The molecule has 0 aliphatic carbocycles. The van der Waals surface area contributed by atoms with Gasteiger partial charge in [-0.2, -0.15) is 0 Å². The molecule has 0 saturated carbocycles. The van der Waals surface area contributed by atoms with E-state index in [0.29, 0.717) is 12.5 Å². The highest BCUT2D eigenvalue weighted by Crippen LogP contribution is 2.26. The topological polar surface area (TPSA) is 61.4 Å². The van der Waals surface area contributed by atoms with Crippen molar-refractivity contribution in [2.24, 2.45) is 0 Å². The van der Waals surface area contributed by atoms with Gasteiger partial charge in [-0.25, -0.2) is 13.6 Å². The molecule has 1 aromatic carbocycles. The molecule has 0 fully saturated rings. The zero-order valence-corrected chi connectivity index (χ0v) is 11.1. The summed E-state index contributed by atoms with van der Waals surface area (Å²) in [5.41, 5.74) is -0.300. The fourth-order valence-electron chi connectivity index (χ4n) is 1.47. The first kappa shape index (κ1) is 15.7. The van der Waals surface area contributed by atoms with Gasteiger partial charge < -0.3 is 15.7 Å². The molecule has 19 heavy (non-hydrogen) atoms. The number of halogens is 3. The molecule has 4 nitrogen and oxygen atoms in total. The standard InChI is InChI=1S/C12H15ClF2N2O2/c1-2-3-8(18)6-16-12(19)17-11-9(13)4-7(14)5-10(11)15/h4-5,8,18H,2-3,6H2,1H3,(H2,16,17,19). The first-order chi connectivity index (χ1) is 8.93. The second-order valence-corrected chi connectivity index (χ2v) is 4.43. The lowest BCUT2D eigenvalue weighted by Crippen LogP contribution is -2.35. The monoisotopic (exact) mass is 292 g/mol. The number of carbonyl (C=O) groups is 1. The summed E-state index contributed by atoms with van der Waals surface area (Å²) in [6, 6.07) is 0.794. The van der Waals surface area contributed by atoms with Gasteiger partial charge >= 0.3 is 6.03 Å². The van der Waals surface area contributed by atoms with E-state index in [1.54, 1.807) is 0 Å². The zero-order chi connectivity index (χ0) is 14.4. The van der Waals surface area contributed by atoms with Gasteiger partial charge in [-0.1, -0.05) is 24.9 Å². The first-order valence-corrected chi connectivity index (χ1v) is 6.19. The molecule has 0 aromatic heterocycles. The number of aliphatic hydroxyl groups excluding tert-OH is 1. The summed E-state index contributed by atoms with van der Waals surface area (Å²) in [5, 5.41) is 13.7. The Hall–Kier alpha value is -1.40. The smallest absolute Gasteiger partial charge is 0.319 e. The van der Waals surface area contributed by atoms with Crippen LogP contribution in [0.15, 0.2) is 12.1 Å². The van der Waals surface area contributed by atoms with Crippen molar-refractivity contribution in [3.8, 4) is 0 Å². The summed E-state index contributed by atoms with van der Waals surface area (Å²) in [7, 11) is 0. The fourth-order valence-corrected chi connectivity index (χ4v) is 1.71. The molecule has 7 heteroatoms. The Balaban J connectivity index is 2.58. The van der Waals surface area contributed by atoms with Crippen LogP contribution in [0.3, 0.4) is 0 Å².